The number of nitro benzene ring substituents is 1. The molecule has 0 spiro atoms. The molecular weight excluding hydrogens is 294 g/mol. The van der Waals surface area contributed by atoms with E-state index in [1.807, 2.05) is 6.92 Å². The first kappa shape index (κ1) is 17.4. The lowest BCUT2D eigenvalue weighted by molar-refractivity contribution is -0.386. The average Bonchev–Trinajstić information content (AvgIpc) is 2.45. The van der Waals surface area contributed by atoms with Gasteiger partial charge in [-0.3, -0.25) is 10.1 Å². The summed E-state index contributed by atoms with van der Waals surface area (Å²) in [7, 11) is -3.87. The van der Waals surface area contributed by atoms with Crippen molar-refractivity contribution in [3.05, 3.63) is 28.3 Å². The predicted octanol–water partition coefficient (Wildman–Crippen LogP) is 2.45. The number of nitrogens with zero attached hydrogens (tertiary/aromatic N) is 2. The van der Waals surface area contributed by atoms with Gasteiger partial charge in [-0.15, -0.1) is 0 Å². The lowest BCUT2D eigenvalue weighted by Crippen LogP contribution is -2.31. The van der Waals surface area contributed by atoms with Crippen molar-refractivity contribution in [1.82, 2.24) is 4.31 Å². The second-order valence-corrected chi connectivity index (χ2v) is 6.33. The zero-order valence-electron chi connectivity index (χ0n) is 12.5. The van der Waals surface area contributed by atoms with Crippen LogP contribution in [0.4, 0.5) is 11.4 Å². The Labute approximate surface area is 125 Å². The molecule has 1 aromatic carbocycles. The molecule has 118 valence electrons. The lowest BCUT2D eigenvalue weighted by Gasteiger charge is -2.19. The first-order chi connectivity index (χ1) is 9.89. The van der Waals surface area contributed by atoms with Gasteiger partial charge in [-0.2, -0.15) is 4.31 Å². The number of benzene rings is 1. The molecule has 0 radical (unpaired) electrons. The molecule has 0 saturated heterocycles. The molecule has 0 aliphatic heterocycles. The van der Waals surface area contributed by atoms with E-state index in [-0.39, 0.29) is 23.7 Å². The fraction of sp³-hybridized carbons (Fsp3) is 0.538. The van der Waals surface area contributed by atoms with Crippen molar-refractivity contribution < 1.29 is 13.3 Å². The van der Waals surface area contributed by atoms with Gasteiger partial charge in [0.15, 0.2) is 4.90 Å². The minimum absolute atomic E-state index is 0.232. The highest BCUT2D eigenvalue weighted by Gasteiger charge is 2.32. The van der Waals surface area contributed by atoms with Crippen molar-refractivity contribution in [3.8, 4) is 0 Å². The smallest absolute Gasteiger partial charge is 0.312 e. The molecule has 0 fully saturated rings. The predicted molar refractivity (Wildman–Crippen MR) is 82.0 cm³/mol. The maximum atomic E-state index is 12.5. The highest BCUT2D eigenvalue weighted by Crippen LogP contribution is 2.33. The van der Waals surface area contributed by atoms with Gasteiger partial charge in [0, 0.05) is 19.6 Å². The summed E-state index contributed by atoms with van der Waals surface area (Å²) in [5.74, 6) is 0. The Morgan fingerprint density at radius 1 is 1.24 bits per heavy atom. The molecule has 0 amide bonds. The molecule has 0 bridgehead atoms. The van der Waals surface area contributed by atoms with Crippen molar-refractivity contribution in [1.29, 1.82) is 0 Å². The zero-order valence-corrected chi connectivity index (χ0v) is 13.3. The molecule has 1 N–H and O–H groups in total. The molecule has 1 aromatic rings. The van der Waals surface area contributed by atoms with Gasteiger partial charge in [-0.05, 0) is 18.6 Å². The van der Waals surface area contributed by atoms with Crippen LogP contribution in [0.5, 0.6) is 0 Å². The van der Waals surface area contributed by atoms with Crippen molar-refractivity contribution >= 4 is 21.4 Å². The molecule has 0 heterocycles. The maximum absolute atomic E-state index is 12.5. The van der Waals surface area contributed by atoms with Gasteiger partial charge in [0.25, 0.3) is 0 Å². The Hall–Kier alpha value is -1.67. The first-order valence-electron chi connectivity index (χ1n) is 6.91. The van der Waals surface area contributed by atoms with Gasteiger partial charge in [0.1, 0.15) is 5.69 Å². The summed E-state index contributed by atoms with van der Waals surface area (Å²) in [6.07, 6.45) is 0.782. The van der Waals surface area contributed by atoms with E-state index in [0.29, 0.717) is 6.54 Å². The van der Waals surface area contributed by atoms with Gasteiger partial charge in [0.2, 0.25) is 10.0 Å². The largest absolute Gasteiger partial charge is 0.379 e. The molecule has 8 heteroatoms. The number of rotatable bonds is 8. The molecule has 7 nitrogen and oxygen atoms in total. The molecule has 0 aliphatic rings. The number of hydrogen-bond donors (Lipinski definition) is 1. The van der Waals surface area contributed by atoms with E-state index in [2.05, 4.69) is 5.32 Å². The standard InChI is InChI=1S/C13H21N3O4S/c1-4-10-14-11-8-7-9-12(13(11)16(17)18)21(19,20)15(5-2)6-3/h7-9,14H,4-6,10H2,1-3H3. The number of nitrogens with one attached hydrogen (secondary N) is 1. The van der Waals surface area contributed by atoms with E-state index in [4.69, 9.17) is 0 Å². The second-order valence-electron chi connectivity index (χ2n) is 4.43. The minimum Gasteiger partial charge on any atom is -0.379 e. The van der Waals surface area contributed by atoms with Gasteiger partial charge in [-0.25, -0.2) is 8.42 Å². The summed E-state index contributed by atoms with van der Waals surface area (Å²) in [5, 5.41) is 14.2. The van der Waals surface area contributed by atoms with Crippen LogP contribution in [0.3, 0.4) is 0 Å². The third-order valence-electron chi connectivity index (χ3n) is 3.07. The third kappa shape index (κ3) is 3.70. The highest BCUT2D eigenvalue weighted by molar-refractivity contribution is 7.89. The van der Waals surface area contributed by atoms with Crippen LogP contribution in [0.25, 0.3) is 0 Å². The van der Waals surface area contributed by atoms with Crippen LogP contribution in [-0.4, -0.2) is 37.3 Å². The minimum atomic E-state index is -3.87. The van der Waals surface area contributed by atoms with E-state index in [0.717, 1.165) is 6.42 Å². The zero-order chi connectivity index (χ0) is 16.0. The lowest BCUT2D eigenvalue weighted by atomic mass is 10.2. The molecule has 0 unspecified atom stereocenters. The summed E-state index contributed by atoms with van der Waals surface area (Å²) < 4.78 is 26.3. The Balaban J connectivity index is 3.45. The normalized spacial score (nSPS) is 11.6. The summed E-state index contributed by atoms with van der Waals surface area (Å²) >= 11 is 0. The molecule has 0 atom stereocenters. The van der Waals surface area contributed by atoms with E-state index in [1.54, 1.807) is 13.8 Å². The third-order valence-corrected chi connectivity index (χ3v) is 5.15. The molecule has 0 aromatic heterocycles. The molecular formula is C13H21N3O4S. The van der Waals surface area contributed by atoms with Crippen LogP contribution in [0, 0.1) is 10.1 Å². The SMILES string of the molecule is CCCNc1cccc(S(=O)(=O)N(CC)CC)c1[N+](=O)[O-]. The van der Waals surface area contributed by atoms with Crippen LogP contribution in [-0.2, 0) is 10.0 Å². The fourth-order valence-corrected chi connectivity index (χ4v) is 3.66. The average molecular weight is 315 g/mol. The Morgan fingerprint density at radius 3 is 2.33 bits per heavy atom. The topological polar surface area (TPSA) is 92.6 Å². The Morgan fingerprint density at radius 2 is 1.86 bits per heavy atom. The number of sulfonamides is 1. The van der Waals surface area contributed by atoms with Crippen molar-refractivity contribution in [2.45, 2.75) is 32.1 Å². The summed E-state index contributed by atoms with van der Waals surface area (Å²) in [6.45, 7) is 6.40. The molecule has 21 heavy (non-hydrogen) atoms. The monoisotopic (exact) mass is 315 g/mol. The number of hydrogen-bond acceptors (Lipinski definition) is 5. The summed E-state index contributed by atoms with van der Waals surface area (Å²) in [6, 6.07) is 4.32. The van der Waals surface area contributed by atoms with Crippen molar-refractivity contribution in [3.63, 3.8) is 0 Å². The number of nitro groups is 1. The Kier molecular flexibility index (Phi) is 6.10. The second kappa shape index (κ2) is 7.37. The van der Waals surface area contributed by atoms with Crippen LogP contribution in [0.15, 0.2) is 23.1 Å². The molecule has 1 rings (SSSR count). The Bertz CT molecular complexity index is 597. The summed E-state index contributed by atoms with van der Waals surface area (Å²) in [4.78, 5) is 10.4. The van der Waals surface area contributed by atoms with Gasteiger partial charge in [0.05, 0.1) is 4.92 Å². The maximum Gasteiger partial charge on any atom is 0.312 e. The van der Waals surface area contributed by atoms with E-state index < -0.39 is 20.6 Å². The van der Waals surface area contributed by atoms with Crippen LogP contribution < -0.4 is 5.32 Å². The van der Waals surface area contributed by atoms with E-state index >= 15 is 0 Å². The molecule has 0 aliphatic carbocycles. The number of para-hydroxylation sites is 1. The quantitative estimate of drug-likeness (QED) is 0.587. The van der Waals surface area contributed by atoms with Crippen molar-refractivity contribution in [2.24, 2.45) is 0 Å². The van der Waals surface area contributed by atoms with E-state index in [9.17, 15) is 18.5 Å². The van der Waals surface area contributed by atoms with Gasteiger partial charge >= 0.3 is 5.69 Å². The van der Waals surface area contributed by atoms with Crippen LogP contribution in [0.2, 0.25) is 0 Å². The molecule has 0 saturated carbocycles. The number of anilines is 1. The van der Waals surface area contributed by atoms with E-state index in [1.165, 1.54) is 22.5 Å². The van der Waals surface area contributed by atoms with Crippen LogP contribution >= 0.6 is 0 Å². The first-order valence-corrected chi connectivity index (χ1v) is 8.35. The van der Waals surface area contributed by atoms with Crippen molar-refractivity contribution in [2.75, 3.05) is 25.0 Å². The summed E-state index contributed by atoms with van der Waals surface area (Å²) in [5.41, 5.74) is -0.159. The van der Waals surface area contributed by atoms with Crippen LogP contribution in [0.1, 0.15) is 27.2 Å². The fourth-order valence-electron chi connectivity index (χ4n) is 2.02. The van der Waals surface area contributed by atoms with Gasteiger partial charge < -0.3 is 5.32 Å². The van der Waals surface area contributed by atoms with Gasteiger partial charge in [-0.1, -0.05) is 26.8 Å². The highest BCUT2D eigenvalue weighted by atomic mass is 32.2.